The molecule has 0 spiro atoms. The number of carbonyl (C=O) groups is 1. The van der Waals surface area contributed by atoms with Gasteiger partial charge in [0.05, 0.1) is 0 Å². The summed E-state index contributed by atoms with van der Waals surface area (Å²) in [7, 11) is 1.52. The molecule has 0 aliphatic rings. The van der Waals surface area contributed by atoms with E-state index < -0.39 is 6.09 Å². The Bertz CT molecular complexity index is 155. The molecule has 0 aromatic rings. The van der Waals surface area contributed by atoms with Crippen molar-refractivity contribution in [2.75, 3.05) is 13.7 Å². The van der Waals surface area contributed by atoms with Crippen molar-refractivity contribution in [2.45, 2.75) is 13.3 Å². The summed E-state index contributed by atoms with van der Waals surface area (Å²) >= 11 is 0. The molecule has 0 aromatic heterocycles. The molecule has 3 nitrogen and oxygen atoms in total. The summed E-state index contributed by atoms with van der Waals surface area (Å²) in [6.07, 6.45) is 0.196. The number of amides is 1. The summed E-state index contributed by atoms with van der Waals surface area (Å²) in [5.41, 5.74) is 0. The summed E-state index contributed by atoms with van der Waals surface area (Å²) in [6, 6.07) is 0. The average molecular weight is 141 g/mol. The van der Waals surface area contributed by atoms with E-state index in [1.54, 1.807) is 6.92 Å². The van der Waals surface area contributed by atoms with Crippen LogP contribution in [0.15, 0.2) is 0 Å². The minimum absolute atomic E-state index is 0.362. The van der Waals surface area contributed by atoms with Crippen molar-refractivity contribution in [3.63, 3.8) is 0 Å². The second-order valence-electron chi connectivity index (χ2n) is 1.56. The Morgan fingerprint density at radius 2 is 2.40 bits per heavy atom. The molecule has 0 aliphatic carbocycles. The lowest BCUT2D eigenvalue weighted by molar-refractivity contribution is 0.151. The first-order valence-corrected chi connectivity index (χ1v) is 3.05. The summed E-state index contributed by atoms with van der Waals surface area (Å²) in [5.74, 6) is 5.47. The monoisotopic (exact) mass is 141 g/mol. The third-order valence-electron chi connectivity index (χ3n) is 0.841. The third-order valence-corrected chi connectivity index (χ3v) is 0.841. The van der Waals surface area contributed by atoms with Crippen LogP contribution >= 0.6 is 0 Å². The number of hydrogen-bond donors (Lipinski definition) is 1. The van der Waals surface area contributed by atoms with Crippen molar-refractivity contribution in [1.82, 2.24) is 5.32 Å². The first-order chi connectivity index (χ1) is 4.81. The maximum atomic E-state index is 10.4. The van der Waals surface area contributed by atoms with Crippen molar-refractivity contribution < 1.29 is 9.53 Å². The van der Waals surface area contributed by atoms with E-state index in [9.17, 15) is 4.79 Å². The van der Waals surface area contributed by atoms with Gasteiger partial charge in [-0.25, -0.2) is 4.79 Å². The Balaban J connectivity index is 3.17. The molecule has 0 atom stereocenters. The molecule has 0 heterocycles. The fourth-order valence-electron chi connectivity index (χ4n) is 0.392. The highest BCUT2D eigenvalue weighted by molar-refractivity contribution is 5.66. The zero-order valence-corrected chi connectivity index (χ0v) is 6.23. The van der Waals surface area contributed by atoms with E-state index in [0.29, 0.717) is 13.0 Å². The van der Waals surface area contributed by atoms with Gasteiger partial charge in [-0.15, -0.1) is 11.8 Å². The summed E-state index contributed by atoms with van der Waals surface area (Å²) in [5, 5.41) is 2.33. The van der Waals surface area contributed by atoms with Crippen LogP contribution in [-0.4, -0.2) is 19.7 Å². The Kier molecular flexibility index (Phi) is 5.26. The van der Waals surface area contributed by atoms with E-state index in [0.717, 1.165) is 0 Å². The second-order valence-corrected chi connectivity index (χ2v) is 1.56. The van der Waals surface area contributed by atoms with Crippen LogP contribution in [0.3, 0.4) is 0 Å². The molecule has 0 saturated carbocycles. The second kappa shape index (κ2) is 5.96. The van der Waals surface area contributed by atoms with Crippen LogP contribution in [0, 0.1) is 11.8 Å². The van der Waals surface area contributed by atoms with Gasteiger partial charge in [0.15, 0.2) is 0 Å². The quantitative estimate of drug-likeness (QED) is 0.455. The zero-order chi connectivity index (χ0) is 7.82. The molecule has 10 heavy (non-hydrogen) atoms. The number of carbonyl (C=O) groups excluding carboxylic acids is 1. The van der Waals surface area contributed by atoms with E-state index in [-0.39, 0.29) is 0 Å². The van der Waals surface area contributed by atoms with Crippen LogP contribution in [0.2, 0.25) is 0 Å². The normalized spacial score (nSPS) is 7.40. The molecule has 56 valence electrons. The van der Waals surface area contributed by atoms with Crippen LogP contribution in [-0.2, 0) is 4.74 Å². The van der Waals surface area contributed by atoms with Crippen LogP contribution in [0.25, 0.3) is 0 Å². The highest BCUT2D eigenvalue weighted by atomic mass is 16.5. The van der Waals surface area contributed by atoms with Gasteiger partial charge in [0.25, 0.3) is 0 Å². The first kappa shape index (κ1) is 8.83. The SMILES string of the molecule is CC#CCCOC(=O)NC. The van der Waals surface area contributed by atoms with Crippen LogP contribution in [0.4, 0.5) is 4.79 Å². The van der Waals surface area contributed by atoms with Crippen LogP contribution in [0.5, 0.6) is 0 Å². The van der Waals surface area contributed by atoms with Crippen LogP contribution < -0.4 is 5.32 Å². The summed E-state index contributed by atoms with van der Waals surface area (Å²) < 4.78 is 4.64. The highest BCUT2D eigenvalue weighted by Gasteiger charge is 1.93. The van der Waals surface area contributed by atoms with Gasteiger partial charge in [0.2, 0.25) is 0 Å². The van der Waals surface area contributed by atoms with Crippen LogP contribution in [0.1, 0.15) is 13.3 Å². The molecule has 0 radical (unpaired) electrons. The molecular formula is C7H11NO2. The Morgan fingerprint density at radius 1 is 1.70 bits per heavy atom. The topological polar surface area (TPSA) is 38.3 Å². The van der Waals surface area contributed by atoms with Crippen molar-refractivity contribution in [3.8, 4) is 11.8 Å². The highest BCUT2D eigenvalue weighted by Crippen LogP contribution is 1.80. The molecule has 1 amide bonds. The standard InChI is InChI=1S/C7H11NO2/c1-3-4-5-6-10-7(9)8-2/h5-6H2,1-2H3,(H,8,9). The predicted molar refractivity (Wildman–Crippen MR) is 38.5 cm³/mol. The molecule has 0 rings (SSSR count). The van der Waals surface area contributed by atoms with Gasteiger partial charge < -0.3 is 10.1 Å². The van der Waals surface area contributed by atoms with Crippen molar-refractivity contribution in [3.05, 3.63) is 0 Å². The number of nitrogens with one attached hydrogen (secondary N) is 1. The lowest BCUT2D eigenvalue weighted by atomic mass is 10.4. The van der Waals surface area contributed by atoms with Crippen molar-refractivity contribution in [2.24, 2.45) is 0 Å². The van der Waals surface area contributed by atoms with Gasteiger partial charge in [-0.3, -0.25) is 0 Å². The van der Waals surface area contributed by atoms with Gasteiger partial charge in [-0.2, -0.15) is 0 Å². The van der Waals surface area contributed by atoms with Crippen molar-refractivity contribution >= 4 is 6.09 Å². The van der Waals surface area contributed by atoms with E-state index in [1.165, 1.54) is 7.05 Å². The number of hydrogen-bond acceptors (Lipinski definition) is 2. The van der Waals surface area contributed by atoms with Gasteiger partial charge in [-0.1, -0.05) is 0 Å². The molecule has 0 fully saturated rings. The van der Waals surface area contributed by atoms with Gasteiger partial charge >= 0.3 is 6.09 Å². The minimum atomic E-state index is -0.405. The maximum absolute atomic E-state index is 10.4. The van der Waals surface area contributed by atoms with Crippen molar-refractivity contribution in [1.29, 1.82) is 0 Å². The Hall–Kier alpha value is -1.17. The van der Waals surface area contributed by atoms with E-state index in [2.05, 4.69) is 21.9 Å². The Labute approximate surface area is 60.8 Å². The largest absolute Gasteiger partial charge is 0.449 e. The molecule has 0 aromatic carbocycles. The van der Waals surface area contributed by atoms with E-state index in [1.807, 2.05) is 0 Å². The molecule has 0 bridgehead atoms. The molecule has 0 unspecified atom stereocenters. The first-order valence-electron chi connectivity index (χ1n) is 3.05. The van der Waals surface area contributed by atoms with Gasteiger partial charge in [-0.05, 0) is 6.92 Å². The maximum Gasteiger partial charge on any atom is 0.406 e. The van der Waals surface area contributed by atoms with E-state index in [4.69, 9.17) is 0 Å². The average Bonchev–Trinajstić information content (AvgIpc) is 1.98. The van der Waals surface area contributed by atoms with Gasteiger partial charge in [0, 0.05) is 13.5 Å². The Morgan fingerprint density at radius 3 is 2.90 bits per heavy atom. The molecule has 0 aliphatic heterocycles. The smallest absolute Gasteiger partial charge is 0.406 e. The molecular weight excluding hydrogens is 130 g/mol. The van der Waals surface area contributed by atoms with Gasteiger partial charge in [0.1, 0.15) is 6.61 Å². The van der Waals surface area contributed by atoms with E-state index >= 15 is 0 Å². The lowest BCUT2D eigenvalue weighted by Gasteiger charge is -1.98. The summed E-state index contributed by atoms with van der Waals surface area (Å²) in [4.78, 5) is 10.4. The number of ether oxygens (including phenoxy) is 1. The fraction of sp³-hybridized carbons (Fsp3) is 0.571. The molecule has 3 heteroatoms. The lowest BCUT2D eigenvalue weighted by Crippen LogP contribution is -2.19. The molecule has 1 N–H and O–H groups in total. The predicted octanol–water partition coefficient (Wildman–Crippen LogP) is 0.756. The zero-order valence-electron chi connectivity index (χ0n) is 6.23. The molecule has 0 saturated heterocycles. The fourth-order valence-corrected chi connectivity index (χ4v) is 0.392. The summed E-state index contributed by atoms with van der Waals surface area (Å²) in [6.45, 7) is 2.11. The number of rotatable bonds is 2. The minimum Gasteiger partial charge on any atom is -0.449 e. The number of alkyl carbamates (subject to hydrolysis) is 1. The third kappa shape index (κ3) is 4.98.